The number of rotatable bonds is 5. The minimum atomic E-state index is -0.100. The van der Waals surface area contributed by atoms with Crippen molar-refractivity contribution in [1.82, 2.24) is 5.32 Å². The number of carbonyl (C=O) groups excluding carboxylic acids is 1. The van der Waals surface area contributed by atoms with Crippen molar-refractivity contribution in [2.75, 3.05) is 12.4 Å². The Labute approximate surface area is 159 Å². The molecule has 0 fully saturated rings. The third-order valence-electron chi connectivity index (χ3n) is 3.51. The van der Waals surface area contributed by atoms with Crippen molar-refractivity contribution in [1.29, 1.82) is 0 Å². The van der Waals surface area contributed by atoms with Crippen LogP contribution in [0, 0.1) is 0 Å². The van der Waals surface area contributed by atoms with Gasteiger partial charge in [-0.15, -0.1) is 24.0 Å². The van der Waals surface area contributed by atoms with Crippen molar-refractivity contribution in [3.05, 3.63) is 65.2 Å². The van der Waals surface area contributed by atoms with E-state index < -0.39 is 0 Å². The van der Waals surface area contributed by atoms with Gasteiger partial charge in [0.2, 0.25) is 0 Å². The molecule has 128 valence electrons. The predicted octanol–water partition coefficient (Wildman–Crippen LogP) is 3.15. The molecule has 5 nitrogen and oxygen atoms in total. The van der Waals surface area contributed by atoms with Crippen molar-refractivity contribution in [3.63, 3.8) is 0 Å². The standard InChI is InChI=1S/C18H22N4O.HI/c1-3-13-6-10-16(11-7-13)22-18(19)21-12-14-4-8-15(9-5-14)17(23)20-2;/h4-11H,3,12H2,1-2H3,(H,20,23)(H3,19,21,22);1H. The largest absolute Gasteiger partial charge is 0.370 e. The van der Waals surface area contributed by atoms with Gasteiger partial charge in [0.25, 0.3) is 5.91 Å². The van der Waals surface area contributed by atoms with Gasteiger partial charge in [0.15, 0.2) is 5.96 Å². The summed E-state index contributed by atoms with van der Waals surface area (Å²) >= 11 is 0. The summed E-state index contributed by atoms with van der Waals surface area (Å²) in [7, 11) is 1.61. The highest BCUT2D eigenvalue weighted by Crippen LogP contribution is 2.10. The zero-order chi connectivity index (χ0) is 16.7. The van der Waals surface area contributed by atoms with E-state index in [1.54, 1.807) is 19.2 Å². The predicted molar refractivity (Wildman–Crippen MR) is 110 cm³/mol. The smallest absolute Gasteiger partial charge is 0.251 e. The summed E-state index contributed by atoms with van der Waals surface area (Å²) < 4.78 is 0. The minimum Gasteiger partial charge on any atom is -0.370 e. The number of halogens is 1. The molecule has 0 radical (unpaired) electrons. The van der Waals surface area contributed by atoms with Crippen LogP contribution in [0.3, 0.4) is 0 Å². The van der Waals surface area contributed by atoms with Crippen LogP contribution >= 0.6 is 24.0 Å². The van der Waals surface area contributed by atoms with Crippen LogP contribution in [-0.2, 0) is 13.0 Å². The maximum absolute atomic E-state index is 11.5. The van der Waals surface area contributed by atoms with Crippen LogP contribution in [0.4, 0.5) is 5.69 Å². The quantitative estimate of drug-likeness (QED) is 0.381. The van der Waals surface area contributed by atoms with Gasteiger partial charge < -0.3 is 16.4 Å². The molecule has 1 amide bonds. The van der Waals surface area contributed by atoms with Crippen LogP contribution in [0.25, 0.3) is 0 Å². The zero-order valence-corrected chi connectivity index (χ0v) is 16.2. The Morgan fingerprint density at radius 1 is 1.04 bits per heavy atom. The second kappa shape index (κ2) is 9.92. The van der Waals surface area contributed by atoms with Gasteiger partial charge in [0, 0.05) is 18.3 Å². The van der Waals surface area contributed by atoms with E-state index in [2.05, 4.69) is 34.7 Å². The number of nitrogens with one attached hydrogen (secondary N) is 2. The van der Waals surface area contributed by atoms with Crippen molar-refractivity contribution < 1.29 is 4.79 Å². The third kappa shape index (κ3) is 5.84. The lowest BCUT2D eigenvalue weighted by Crippen LogP contribution is -2.22. The molecule has 0 saturated carbocycles. The van der Waals surface area contributed by atoms with Crippen LogP contribution in [0.5, 0.6) is 0 Å². The number of hydrogen-bond acceptors (Lipinski definition) is 2. The lowest BCUT2D eigenvalue weighted by atomic mass is 10.1. The highest BCUT2D eigenvalue weighted by molar-refractivity contribution is 14.0. The van der Waals surface area contributed by atoms with Gasteiger partial charge in [-0.1, -0.05) is 31.2 Å². The summed E-state index contributed by atoms with van der Waals surface area (Å²) in [5, 5.41) is 5.66. The first-order valence-corrected chi connectivity index (χ1v) is 7.59. The van der Waals surface area contributed by atoms with Gasteiger partial charge >= 0.3 is 0 Å². The molecule has 2 aromatic rings. The molecule has 2 aromatic carbocycles. The van der Waals surface area contributed by atoms with E-state index in [0.29, 0.717) is 18.1 Å². The van der Waals surface area contributed by atoms with Crippen LogP contribution in [-0.4, -0.2) is 18.9 Å². The number of benzene rings is 2. The number of hydrogen-bond donors (Lipinski definition) is 3. The van der Waals surface area contributed by atoms with E-state index in [1.807, 2.05) is 24.3 Å². The fourth-order valence-corrected chi connectivity index (χ4v) is 2.09. The molecule has 0 aliphatic rings. The molecule has 0 spiro atoms. The average molecular weight is 438 g/mol. The lowest BCUT2D eigenvalue weighted by Gasteiger charge is -2.07. The number of aliphatic imine (C=N–C) groups is 1. The normalized spacial score (nSPS) is 10.7. The maximum Gasteiger partial charge on any atom is 0.251 e. The lowest BCUT2D eigenvalue weighted by molar-refractivity contribution is 0.0963. The molecule has 4 N–H and O–H groups in total. The SMILES string of the molecule is CCc1ccc(NC(N)=NCc2ccc(C(=O)NC)cc2)cc1.I. The Morgan fingerprint density at radius 2 is 1.62 bits per heavy atom. The summed E-state index contributed by atoms with van der Waals surface area (Å²) in [6.45, 7) is 2.58. The average Bonchev–Trinajstić information content (AvgIpc) is 2.60. The Hall–Kier alpha value is -2.09. The molecule has 0 saturated heterocycles. The first-order chi connectivity index (χ1) is 11.1. The number of nitrogens with zero attached hydrogens (tertiary/aromatic N) is 1. The molecule has 0 aliphatic heterocycles. The number of carbonyl (C=O) groups is 1. The van der Waals surface area contributed by atoms with E-state index in [9.17, 15) is 4.79 Å². The van der Waals surface area contributed by atoms with E-state index in [1.165, 1.54) is 5.56 Å². The van der Waals surface area contributed by atoms with Crippen molar-refractivity contribution >= 4 is 41.5 Å². The molecule has 0 unspecified atom stereocenters. The van der Waals surface area contributed by atoms with Gasteiger partial charge in [-0.3, -0.25) is 4.79 Å². The summed E-state index contributed by atoms with van der Waals surface area (Å²) in [4.78, 5) is 15.8. The maximum atomic E-state index is 11.5. The summed E-state index contributed by atoms with van der Waals surface area (Å²) in [6.07, 6.45) is 1.01. The Kier molecular flexibility index (Phi) is 8.25. The number of aryl methyl sites for hydroxylation is 1. The highest BCUT2D eigenvalue weighted by Gasteiger charge is 2.02. The van der Waals surface area contributed by atoms with Gasteiger partial charge in [-0.25, -0.2) is 4.99 Å². The van der Waals surface area contributed by atoms with E-state index in [0.717, 1.165) is 17.7 Å². The van der Waals surface area contributed by atoms with Gasteiger partial charge in [0.1, 0.15) is 0 Å². The fourth-order valence-electron chi connectivity index (χ4n) is 2.09. The molecule has 0 bridgehead atoms. The van der Waals surface area contributed by atoms with Crippen molar-refractivity contribution in [3.8, 4) is 0 Å². The van der Waals surface area contributed by atoms with E-state index in [4.69, 9.17) is 5.73 Å². The summed E-state index contributed by atoms with van der Waals surface area (Å²) in [5.41, 5.74) is 9.71. The van der Waals surface area contributed by atoms with Crippen molar-refractivity contribution in [2.45, 2.75) is 19.9 Å². The molecule has 0 aromatic heterocycles. The number of guanidine groups is 1. The molecule has 6 heteroatoms. The molecular weight excluding hydrogens is 415 g/mol. The Balaban J connectivity index is 0.00000288. The van der Waals surface area contributed by atoms with E-state index in [-0.39, 0.29) is 29.9 Å². The fraction of sp³-hybridized carbons (Fsp3) is 0.222. The second-order valence-electron chi connectivity index (χ2n) is 5.15. The molecule has 0 heterocycles. The zero-order valence-electron chi connectivity index (χ0n) is 13.9. The van der Waals surface area contributed by atoms with Crippen LogP contribution < -0.4 is 16.4 Å². The third-order valence-corrected chi connectivity index (χ3v) is 3.51. The molecule has 0 aliphatic carbocycles. The number of anilines is 1. The topological polar surface area (TPSA) is 79.5 Å². The second-order valence-corrected chi connectivity index (χ2v) is 5.15. The molecule has 0 atom stereocenters. The molecular formula is C18H23IN4O. The van der Waals surface area contributed by atoms with Crippen molar-refractivity contribution in [2.24, 2.45) is 10.7 Å². The summed E-state index contributed by atoms with van der Waals surface area (Å²) in [6, 6.07) is 15.4. The van der Waals surface area contributed by atoms with Crippen LogP contribution in [0.2, 0.25) is 0 Å². The first-order valence-electron chi connectivity index (χ1n) is 7.59. The molecule has 24 heavy (non-hydrogen) atoms. The number of amides is 1. The molecule has 2 rings (SSSR count). The van der Waals surface area contributed by atoms with Gasteiger partial charge in [-0.2, -0.15) is 0 Å². The highest BCUT2D eigenvalue weighted by atomic mass is 127. The monoisotopic (exact) mass is 438 g/mol. The Morgan fingerprint density at radius 3 is 2.17 bits per heavy atom. The first kappa shape index (κ1) is 20.0. The Bertz CT molecular complexity index is 681. The van der Waals surface area contributed by atoms with Crippen LogP contribution in [0.1, 0.15) is 28.4 Å². The summed E-state index contributed by atoms with van der Waals surface area (Å²) in [5.74, 6) is 0.265. The van der Waals surface area contributed by atoms with E-state index >= 15 is 0 Å². The van der Waals surface area contributed by atoms with Gasteiger partial charge in [-0.05, 0) is 41.8 Å². The van der Waals surface area contributed by atoms with Crippen LogP contribution in [0.15, 0.2) is 53.5 Å². The van der Waals surface area contributed by atoms with Gasteiger partial charge in [0.05, 0.1) is 6.54 Å². The number of nitrogens with two attached hydrogens (primary N) is 1. The minimum absolute atomic E-state index is 0.